The molecule has 1 aromatic heterocycles. The van der Waals surface area contributed by atoms with Crippen LogP contribution in [0.2, 0.25) is 5.02 Å². The highest BCUT2D eigenvalue weighted by molar-refractivity contribution is 9.11. The topological polar surface area (TPSA) is 17.1 Å². The lowest BCUT2D eigenvalue weighted by atomic mass is 10.1. The molecule has 1 rings (SSSR count). The molecule has 0 radical (unpaired) electrons. The minimum Gasteiger partial charge on any atom is -0.293 e. The van der Waals surface area contributed by atoms with Crippen molar-refractivity contribution in [3.05, 3.63) is 19.8 Å². The number of Topliss-reactive ketones (excluding diaryl/α,β-unsaturated/α-hetero) is 1. The van der Waals surface area contributed by atoms with E-state index in [0.29, 0.717) is 11.4 Å². The summed E-state index contributed by atoms with van der Waals surface area (Å²) in [6.07, 6.45) is 5.18. The maximum Gasteiger partial charge on any atom is 0.172 e. The van der Waals surface area contributed by atoms with E-state index in [4.69, 9.17) is 11.6 Å². The van der Waals surface area contributed by atoms with Gasteiger partial charge in [0, 0.05) is 6.42 Å². The summed E-state index contributed by atoms with van der Waals surface area (Å²) < 4.78 is 0.848. The summed E-state index contributed by atoms with van der Waals surface area (Å²) >= 11 is 10.6. The summed E-state index contributed by atoms with van der Waals surface area (Å²) in [5, 5.41) is 0.636. The SMILES string of the molecule is CCCCCCC(=O)c1cc(Cl)c(Br)s1. The van der Waals surface area contributed by atoms with Gasteiger partial charge in [-0.15, -0.1) is 11.3 Å². The summed E-state index contributed by atoms with van der Waals surface area (Å²) in [7, 11) is 0. The molecule has 15 heavy (non-hydrogen) atoms. The van der Waals surface area contributed by atoms with Crippen LogP contribution < -0.4 is 0 Å². The van der Waals surface area contributed by atoms with E-state index in [1.807, 2.05) is 0 Å². The lowest BCUT2D eigenvalue weighted by Gasteiger charge is -1.97. The zero-order valence-electron chi connectivity index (χ0n) is 8.69. The molecule has 1 nitrogen and oxygen atoms in total. The molecule has 0 aliphatic carbocycles. The number of carbonyl (C=O) groups is 1. The zero-order chi connectivity index (χ0) is 11.3. The van der Waals surface area contributed by atoms with E-state index in [0.717, 1.165) is 21.5 Å². The average Bonchev–Trinajstić information content (AvgIpc) is 2.54. The Bertz CT molecular complexity index is 316. The van der Waals surface area contributed by atoms with Gasteiger partial charge in [0.2, 0.25) is 0 Å². The van der Waals surface area contributed by atoms with Gasteiger partial charge >= 0.3 is 0 Å². The molecular formula is C11H14BrClOS. The van der Waals surface area contributed by atoms with E-state index in [1.54, 1.807) is 6.07 Å². The number of hydrogen-bond acceptors (Lipinski definition) is 2. The van der Waals surface area contributed by atoms with Crippen molar-refractivity contribution in [1.29, 1.82) is 0 Å². The van der Waals surface area contributed by atoms with Gasteiger partial charge in [0.05, 0.1) is 13.7 Å². The van der Waals surface area contributed by atoms with Gasteiger partial charge in [0.25, 0.3) is 0 Å². The molecule has 0 amide bonds. The molecule has 0 saturated heterocycles. The van der Waals surface area contributed by atoms with Crippen molar-refractivity contribution in [1.82, 2.24) is 0 Å². The Morgan fingerprint density at radius 3 is 2.73 bits per heavy atom. The van der Waals surface area contributed by atoms with Crippen LogP contribution in [0.15, 0.2) is 9.85 Å². The summed E-state index contributed by atoms with van der Waals surface area (Å²) in [6.45, 7) is 2.16. The molecule has 0 bridgehead atoms. The number of rotatable bonds is 6. The minimum atomic E-state index is 0.212. The Morgan fingerprint density at radius 2 is 2.20 bits per heavy atom. The van der Waals surface area contributed by atoms with E-state index in [-0.39, 0.29) is 5.78 Å². The van der Waals surface area contributed by atoms with E-state index >= 15 is 0 Å². The molecule has 0 N–H and O–H groups in total. The van der Waals surface area contributed by atoms with Crippen LogP contribution in [0.5, 0.6) is 0 Å². The van der Waals surface area contributed by atoms with Gasteiger partial charge in [-0.05, 0) is 28.4 Å². The summed E-state index contributed by atoms with van der Waals surface area (Å²) in [4.78, 5) is 12.5. The van der Waals surface area contributed by atoms with Gasteiger partial charge in [-0.25, -0.2) is 0 Å². The molecule has 1 aromatic rings. The third-order valence-corrected chi connectivity index (χ3v) is 4.69. The fourth-order valence-corrected chi connectivity index (χ4v) is 2.99. The van der Waals surface area contributed by atoms with Crippen molar-refractivity contribution in [2.45, 2.75) is 39.0 Å². The third-order valence-electron chi connectivity index (χ3n) is 2.18. The fourth-order valence-electron chi connectivity index (χ4n) is 1.32. The van der Waals surface area contributed by atoms with Gasteiger partial charge < -0.3 is 0 Å². The molecule has 0 aliphatic rings. The number of ketones is 1. The van der Waals surface area contributed by atoms with Crippen molar-refractivity contribution in [2.75, 3.05) is 0 Å². The monoisotopic (exact) mass is 308 g/mol. The number of halogens is 2. The van der Waals surface area contributed by atoms with Gasteiger partial charge in [-0.3, -0.25) is 4.79 Å². The Hall–Kier alpha value is 0.140. The first-order valence-corrected chi connectivity index (χ1v) is 7.12. The number of hydrogen-bond donors (Lipinski definition) is 0. The highest BCUT2D eigenvalue weighted by atomic mass is 79.9. The number of unbranched alkanes of at least 4 members (excludes halogenated alkanes) is 3. The Balaban J connectivity index is 2.40. The highest BCUT2D eigenvalue weighted by Gasteiger charge is 2.11. The van der Waals surface area contributed by atoms with Crippen molar-refractivity contribution < 1.29 is 4.79 Å². The first kappa shape index (κ1) is 13.2. The predicted molar refractivity (Wildman–Crippen MR) is 70.1 cm³/mol. The second-order valence-electron chi connectivity index (χ2n) is 3.47. The third kappa shape index (κ3) is 4.25. The first-order chi connectivity index (χ1) is 7.15. The Kier molecular flexibility index (Phi) is 5.87. The van der Waals surface area contributed by atoms with E-state index in [2.05, 4.69) is 22.9 Å². The maximum atomic E-state index is 11.7. The summed E-state index contributed by atoms with van der Waals surface area (Å²) in [5.41, 5.74) is 0. The van der Waals surface area contributed by atoms with Gasteiger partial charge in [0.15, 0.2) is 5.78 Å². The van der Waals surface area contributed by atoms with Crippen LogP contribution in [0, 0.1) is 0 Å². The fraction of sp³-hybridized carbons (Fsp3) is 0.545. The van der Waals surface area contributed by atoms with Crippen molar-refractivity contribution in [2.24, 2.45) is 0 Å². The summed E-state index contributed by atoms with van der Waals surface area (Å²) in [6, 6.07) is 1.75. The Labute approximate surface area is 108 Å². The van der Waals surface area contributed by atoms with Crippen LogP contribution in [0.4, 0.5) is 0 Å². The average molecular weight is 310 g/mol. The molecule has 0 saturated carbocycles. The van der Waals surface area contributed by atoms with Crippen LogP contribution in [0.25, 0.3) is 0 Å². The van der Waals surface area contributed by atoms with Gasteiger partial charge in [0.1, 0.15) is 0 Å². The molecule has 0 spiro atoms. The molecule has 0 aliphatic heterocycles. The molecule has 0 unspecified atom stereocenters. The smallest absolute Gasteiger partial charge is 0.172 e. The van der Waals surface area contributed by atoms with Gasteiger partial charge in [-0.1, -0.05) is 37.8 Å². The molecule has 4 heteroatoms. The van der Waals surface area contributed by atoms with E-state index in [9.17, 15) is 4.79 Å². The van der Waals surface area contributed by atoms with Crippen molar-refractivity contribution in [3.63, 3.8) is 0 Å². The van der Waals surface area contributed by atoms with Crippen molar-refractivity contribution in [3.8, 4) is 0 Å². The number of thiophene rings is 1. The molecule has 0 atom stereocenters. The normalized spacial score (nSPS) is 10.6. The minimum absolute atomic E-state index is 0.212. The zero-order valence-corrected chi connectivity index (χ0v) is 11.8. The standard InChI is InChI=1S/C11H14BrClOS/c1-2-3-4-5-6-9(14)10-7-8(13)11(12)15-10/h7H,2-6H2,1H3. The second kappa shape index (κ2) is 6.66. The number of carbonyl (C=O) groups excluding carboxylic acids is 1. The maximum absolute atomic E-state index is 11.7. The second-order valence-corrected chi connectivity index (χ2v) is 6.24. The predicted octanol–water partition coefficient (Wildman–Crippen LogP) is 5.32. The lowest BCUT2D eigenvalue weighted by Crippen LogP contribution is -1.95. The first-order valence-electron chi connectivity index (χ1n) is 5.13. The van der Waals surface area contributed by atoms with Crippen LogP contribution in [-0.2, 0) is 0 Å². The van der Waals surface area contributed by atoms with E-state index in [1.165, 1.54) is 24.2 Å². The Morgan fingerprint density at radius 1 is 1.47 bits per heavy atom. The molecule has 1 heterocycles. The molecule has 0 fully saturated rings. The van der Waals surface area contributed by atoms with Crippen LogP contribution in [0.1, 0.15) is 48.7 Å². The molecule has 84 valence electrons. The van der Waals surface area contributed by atoms with Crippen LogP contribution in [-0.4, -0.2) is 5.78 Å². The summed E-state index contributed by atoms with van der Waals surface area (Å²) in [5.74, 6) is 0.212. The van der Waals surface area contributed by atoms with E-state index < -0.39 is 0 Å². The largest absolute Gasteiger partial charge is 0.293 e. The highest BCUT2D eigenvalue weighted by Crippen LogP contribution is 2.32. The quantitative estimate of drug-likeness (QED) is 0.513. The van der Waals surface area contributed by atoms with Gasteiger partial charge in [-0.2, -0.15) is 0 Å². The van der Waals surface area contributed by atoms with Crippen LogP contribution >= 0.6 is 38.9 Å². The molecule has 0 aromatic carbocycles. The molecular weight excluding hydrogens is 296 g/mol. The van der Waals surface area contributed by atoms with Crippen molar-refractivity contribution >= 4 is 44.7 Å². The lowest BCUT2D eigenvalue weighted by molar-refractivity contribution is 0.0983. The van der Waals surface area contributed by atoms with Crippen LogP contribution in [0.3, 0.4) is 0 Å².